The van der Waals surface area contributed by atoms with E-state index in [0.29, 0.717) is 0 Å². The molecule has 0 aliphatic carbocycles. The Balaban J connectivity index is 2.23. The van der Waals surface area contributed by atoms with Crippen LogP contribution in [0.15, 0.2) is 11.6 Å². The lowest BCUT2D eigenvalue weighted by atomic mass is 10.1. The van der Waals surface area contributed by atoms with Crippen molar-refractivity contribution in [2.45, 2.75) is 59.2 Å². The highest BCUT2D eigenvalue weighted by Crippen LogP contribution is 2.22. The summed E-state index contributed by atoms with van der Waals surface area (Å²) in [5.74, 6) is -0.327. The van der Waals surface area contributed by atoms with E-state index in [1.54, 1.807) is 6.08 Å². The quantitative estimate of drug-likeness (QED) is 0.671. The molecule has 1 aliphatic rings. The maximum atomic E-state index is 12.0. The molecular weight excluding hydrogens is 290 g/mol. The van der Waals surface area contributed by atoms with Crippen LogP contribution in [-0.4, -0.2) is 29.2 Å². The molecule has 1 N–H and O–H groups in total. The van der Waals surface area contributed by atoms with Crippen molar-refractivity contribution in [1.82, 2.24) is 9.88 Å². The number of rotatable bonds is 5. The van der Waals surface area contributed by atoms with Gasteiger partial charge in [0, 0.05) is 30.6 Å². The van der Waals surface area contributed by atoms with E-state index in [-0.39, 0.29) is 23.6 Å². The smallest absolute Gasteiger partial charge is 0.262 e. The number of nitriles is 1. The van der Waals surface area contributed by atoms with Gasteiger partial charge in [0.1, 0.15) is 11.6 Å². The molecule has 23 heavy (non-hydrogen) atoms. The van der Waals surface area contributed by atoms with Gasteiger partial charge in [-0.2, -0.15) is 5.26 Å². The summed E-state index contributed by atoms with van der Waals surface area (Å²) in [4.78, 5) is 12.0. The third kappa shape index (κ3) is 4.23. The van der Waals surface area contributed by atoms with Crippen molar-refractivity contribution in [3.05, 3.63) is 28.6 Å². The van der Waals surface area contributed by atoms with Crippen LogP contribution in [0.1, 0.15) is 43.6 Å². The second-order valence-electron chi connectivity index (χ2n) is 6.37. The SMILES string of the molecule is Cc1cc(/C=C(\C#N)C(=O)NC(C)C)c(C)n1CC1CCCO1. The molecule has 0 aromatic carbocycles. The maximum Gasteiger partial charge on any atom is 0.262 e. The number of nitrogens with one attached hydrogen (secondary N) is 1. The minimum atomic E-state index is -0.327. The normalized spacial score (nSPS) is 18.3. The van der Waals surface area contributed by atoms with Gasteiger partial charge in [-0.15, -0.1) is 0 Å². The van der Waals surface area contributed by atoms with Gasteiger partial charge in [0.05, 0.1) is 6.10 Å². The summed E-state index contributed by atoms with van der Waals surface area (Å²) in [6.07, 6.45) is 4.13. The number of hydrogen-bond acceptors (Lipinski definition) is 3. The zero-order chi connectivity index (χ0) is 17.0. The Morgan fingerprint density at radius 3 is 2.87 bits per heavy atom. The molecule has 1 amide bonds. The first kappa shape index (κ1) is 17.3. The number of ether oxygens (including phenoxy) is 1. The van der Waals surface area contributed by atoms with Crippen LogP contribution < -0.4 is 5.32 Å². The molecule has 1 aliphatic heterocycles. The van der Waals surface area contributed by atoms with Gasteiger partial charge in [-0.25, -0.2) is 0 Å². The van der Waals surface area contributed by atoms with Gasteiger partial charge in [0.15, 0.2) is 0 Å². The van der Waals surface area contributed by atoms with Gasteiger partial charge < -0.3 is 14.6 Å². The van der Waals surface area contributed by atoms with E-state index in [9.17, 15) is 10.1 Å². The van der Waals surface area contributed by atoms with Gasteiger partial charge in [0.2, 0.25) is 0 Å². The standard InChI is InChI=1S/C18H25N3O2/c1-12(2)20-18(22)16(10-19)9-15-8-13(3)21(14(15)4)11-17-6-5-7-23-17/h8-9,12,17H,5-7,11H2,1-4H3,(H,20,22)/b16-9+. The van der Waals surface area contributed by atoms with E-state index in [1.165, 1.54) is 0 Å². The molecule has 0 bridgehead atoms. The largest absolute Gasteiger partial charge is 0.376 e. The molecule has 0 saturated carbocycles. The van der Waals surface area contributed by atoms with Gasteiger partial charge >= 0.3 is 0 Å². The molecule has 5 heteroatoms. The molecule has 1 aromatic heterocycles. The van der Waals surface area contributed by atoms with Crippen molar-refractivity contribution >= 4 is 12.0 Å². The monoisotopic (exact) mass is 315 g/mol. The van der Waals surface area contributed by atoms with Crippen LogP contribution in [0, 0.1) is 25.2 Å². The van der Waals surface area contributed by atoms with Crippen molar-refractivity contribution < 1.29 is 9.53 Å². The number of aromatic nitrogens is 1. The predicted molar refractivity (Wildman–Crippen MR) is 89.7 cm³/mol. The number of carbonyl (C=O) groups is 1. The molecule has 124 valence electrons. The molecule has 0 spiro atoms. The Bertz CT molecular complexity index is 644. The van der Waals surface area contributed by atoms with Crippen LogP contribution >= 0.6 is 0 Å². The molecular formula is C18H25N3O2. The molecule has 2 rings (SSSR count). The van der Waals surface area contributed by atoms with Gasteiger partial charge in [-0.05, 0) is 58.2 Å². The van der Waals surface area contributed by atoms with Gasteiger partial charge in [-0.1, -0.05) is 0 Å². The topological polar surface area (TPSA) is 67.0 Å². The van der Waals surface area contributed by atoms with Crippen molar-refractivity contribution in [1.29, 1.82) is 5.26 Å². The fourth-order valence-electron chi connectivity index (χ4n) is 2.89. The van der Waals surface area contributed by atoms with Crippen molar-refractivity contribution in [3.63, 3.8) is 0 Å². The number of carbonyl (C=O) groups excluding carboxylic acids is 1. The fraction of sp³-hybridized carbons (Fsp3) is 0.556. The summed E-state index contributed by atoms with van der Waals surface area (Å²) in [6.45, 7) is 9.47. The first-order valence-electron chi connectivity index (χ1n) is 8.13. The maximum absolute atomic E-state index is 12.0. The third-order valence-corrected chi connectivity index (χ3v) is 4.11. The minimum absolute atomic E-state index is 0.00574. The average Bonchev–Trinajstić information content (AvgIpc) is 3.08. The van der Waals surface area contributed by atoms with E-state index in [1.807, 2.05) is 39.8 Å². The first-order valence-corrected chi connectivity index (χ1v) is 8.13. The van der Waals surface area contributed by atoms with Crippen LogP contribution in [-0.2, 0) is 16.1 Å². The minimum Gasteiger partial charge on any atom is -0.376 e. The predicted octanol–water partition coefficient (Wildman–Crippen LogP) is 2.72. The number of hydrogen-bond donors (Lipinski definition) is 1. The Kier molecular flexibility index (Phi) is 5.62. The van der Waals surface area contributed by atoms with Crippen molar-refractivity contribution in [2.75, 3.05) is 6.61 Å². The summed E-state index contributed by atoms with van der Waals surface area (Å²) in [7, 11) is 0. The summed E-state index contributed by atoms with van der Waals surface area (Å²) in [6, 6.07) is 4.02. The molecule has 1 atom stereocenters. The van der Waals surface area contributed by atoms with E-state index < -0.39 is 0 Å². The first-order chi connectivity index (χ1) is 10.9. The molecule has 1 fully saturated rings. The summed E-state index contributed by atoms with van der Waals surface area (Å²) in [5.41, 5.74) is 3.22. The average molecular weight is 315 g/mol. The lowest BCUT2D eigenvalue weighted by Gasteiger charge is -2.14. The molecule has 1 unspecified atom stereocenters. The van der Waals surface area contributed by atoms with Gasteiger partial charge in [-0.3, -0.25) is 4.79 Å². The molecule has 0 radical (unpaired) electrons. The number of aryl methyl sites for hydroxylation is 1. The molecule has 2 heterocycles. The number of amides is 1. The van der Waals surface area contributed by atoms with Crippen LogP contribution in [0.3, 0.4) is 0 Å². The van der Waals surface area contributed by atoms with E-state index in [4.69, 9.17) is 4.74 Å². The Morgan fingerprint density at radius 2 is 2.30 bits per heavy atom. The Morgan fingerprint density at radius 1 is 1.57 bits per heavy atom. The van der Waals surface area contributed by atoms with E-state index in [2.05, 4.69) is 9.88 Å². The third-order valence-electron chi connectivity index (χ3n) is 4.11. The van der Waals surface area contributed by atoms with E-state index in [0.717, 1.165) is 42.9 Å². The molecule has 1 saturated heterocycles. The zero-order valence-electron chi connectivity index (χ0n) is 14.3. The highest BCUT2D eigenvalue weighted by Gasteiger charge is 2.19. The van der Waals surface area contributed by atoms with Crippen LogP contribution in [0.5, 0.6) is 0 Å². The summed E-state index contributed by atoms with van der Waals surface area (Å²) < 4.78 is 7.91. The van der Waals surface area contributed by atoms with Gasteiger partial charge in [0.25, 0.3) is 5.91 Å². The second kappa shape index (κ2) is 7.47. The lowest BCUT2D eigenvalue weighted by molar-refractivity contribution is -0.117. The van der Waals surface area contributed by atoms with Crippen LogP contribution in [0.25, 0.3) is 6.08 Å². The molecule has 5 nitrogen and oxygen atoms in total. The highest BCUT2D eigenvalue weighted by molar-refractivity contribution is 6.01. The van der Waals surface area contributed by atoms with Crippen LogP contribution in [0.4, 0.5) is 0 Å². The van der Waals surface area contributed by atoms with E-state index >= 15 is 0 Å². The Hall–Kier alpha value is -2.06. The molecule has 1 aromatic rings. The second-order valence-corrected chi connectivity index (χ2v) is 6.37. The van der Waals surface area contributed by atoms with Crippen LogP contribution in [0.2, 0.25) is 0 Å². The highest BCUT2D eigenvalue weighted by atomic mass is 16.5. The Labute approximate surface area is 137 Å². The van der Waals surface area contributed by atoms with Crippen molar-refractivity contribution in [3.8, 4) is 6.07 Å². The lowest BCUT2D eigenvalue weighted by Crippen LogP contribution is -2.30. The fourth-order valence-corrected chi connectivity index (χ4v) is 2.89. The summed E-state index contributed by atoms with van der Waals surface area (Å²) >= 11 is 0. The summed E-state index contributed by atoms with van der Waals surface area (Å²) in [5, 5.41) is 12.0. The van der Waals surface area contributed by atoms with Crippen molar-refractivity contribution in [2.24, 2.45) is 0 Å². The zero-order valence-corrected chi connectivity index (χ0v) is 14.3. The number of nitrogens with zero attached hydrogens (tertiary/aromatic N) is 2.